The number of rotatable bonds is 6. The molecule has 3 rings (SSSR count). The highest BCUT2D eigenvalue weighted by Crippen LogP contribution is 2.30. The monoisotopic (exact) mass is 371 g/mol. The van der Waals surface area contributed by atoms with Crippen molar-refractivity contribution in [1.29, 1.82) is 0 Å². The second-order valence-corrected chi connectivity index (χ2v) is 7.33. The molecule has 0 spiro atoms. The van der Waals surface area contributed by atoms with E-state index in [-0.39, 0.29) is 5.91 Å². The zero-order valence-electron chi connectivity index (χ0n) is 16.6. The maximum atomic E-state index is 13.0. The number of hydrogen-bond donors (Lipinski definition) is 1. The maximum Gasteiger partial charge on any atom is 0.247 e. The Balaban J connectivity index is 1.73. The number of carbonyl (C=O) groups excluding carboxylic acids is 1. The molecule has 1 aromatic heterocycles. The number of amides is 1. The first-order valence-corrected chi connectivity index (χ1v) is 9.27. The number of aryl methyl sites for hydroxylation is 1. The number of piperidine rings is 1. The molecule has 0 saturated carbocycles. The lowest BCUT2D eigenvalue weighted by Gasteiger charge is -2.42. The van der Waals surface area contributed by atoms with Gasteiger partial charge in [0.15, 0.2) is 0 Å². The molecular formula is C20H29N5O2. The number of hydrogen-bond acceptors (Lipinski definition) is 5. The second kappa shape index (κ2) is 8.00. The summed E-state index contributed by atoms with van der Waals surface area (Å²) in [6.07, 6.45) is 3.22. The third-order valence-electron chi connectivity index (χ3n) is 5.30. The van der Waals surface area contributed by atoms with E-state index in [2.05, 4.69) is 21.4 Å². The van der Waals surface area contributed by atoms with E-state index in [0.29, 0.717) is 0 Å². The van der Waals surface area contributed by atoms with Gasteiger partial charge in [0.1, 0.15) is 17.1 Å². The van der Waals surface area contributed by atoms with Gasteiger partial charge < -0.3 is 15.0 Å². The van der Waals surface area contributed by atoms with E-state index in [4.69, 9.17) is 4.74 Å². The molecule has 0 atom stereocenters. The van der Waals surface area contributed by atoms with Crippen LogP contribution in [0.4, 0.5) is 5.82 Å². The van der Waals surface area contributed by atoms with Gasteiger partial charge in [0.25, 0.3) is 0 Å². The lowest BCUT2D eigenvalue weighted by Crippen LogP contribution is -2.58. The molecule has 1 saturated heterocycles. The Morgan fingerprint density at radius 3 is 2.56 bits per heavy atom. The summed E-state index contributed by atoms with van der Waals surface area (Å²) in [6.45, 7) is 2.49. The molecule has 0 radical (unpaired) electrons. The molecule has 146 valence electrons. The van der Waals surface area contributed by atoms with Crippen molar-refractivity contribution in [3.63, 3.8) is 0 Å². The number of likely N-dealkylation sites (N-methyl/N-ethyl adjacent to an activating group) is 1. The normalized spacial score (nSPS) is 16.7. The van der Waals surface area contributed by atoms with Crippen LogP contribution >= 0.6 is 0 Å². The van der Waals surface area contributed by atoms with Gasteiger partial charge in [-0.25, -0.2) is 0 Å². The van der Waals surface area contributed by atoms with Crippen molar-refractivity contribution < 1.29 is 9.53 Å². The number of nitrogens with zero attached hydrogens (tertiary/aromatic N) is 4. The van der Waals surface area contributed by atoms with Gasteiger partial charge in [-0.05, 0) is 18.9 Å². The first kappa shape index (κ1) is 19.2. The first-order valence-electron chi connectivity index (χ1n) is 9.27. The summed E-state index contributed by atoms with van der Waals surface area (Å²) in [7, 11) is 7.22. The number of nitrogens with one attached hydrogen (secondary N) is 1. The van der Waals surface area contributed by atoms with Crippen LogP contribution in [0.3, 0.4) is 0 Å². The van der Waals surface area contributed by atoms with E-state index in [0.717, 1.165) is 44.0 Å². The molecule has 1 aromatic carbocycles. The fraction of sp³-hybridized carbons (Fsp3) is 0.500. The fourth-order valence-corrected chi connectivity index (χ4v) is 3.73. The van der Waals surface area contributed by atoms with Crippen LogP contribution in [0.1, 0.15) is 18.4 Å². The average Bonchev–Trinajstić information content (AvgIpc) is 3.07. The summed E-state index contributed by atoms with van der Waals surface area (Å²) in [5.74, 6) is 1.88. The highest BCUT2D eigenvalue weighted by Gasteiger charge is 2.42. The molecule has 2 aromatic rings. The molecule has 7 heteroatoms. The maximum absolute atomic E-state index is 13.0. The van der Waals surface area contributed by atoms with Crippen LogP contribution < -0.4 is 10.1 Å². The van der Waals surface area contributed by atoms with Crippen molar-refractivity contribution in [1.82, 2.24) is 19.6 Å². The lowest BCUT2D eigenvalue weighted by molar-refractivity contribution is -0.135. The summed E-state index contributed by atoms with van der Waals surface area (Å²) in [4.78, 5) is 17.1. The minimum atomic E-state index is -0.603. The van der Waals surface area contributed by atoms with Gasteiger partial charge in [0, 0.05) is 52.4 Å². The summed E-state index contributed by atoms with van der Waals surface area (Å²) in [6, 6.07) is 10.0. The Hall–Kier alpha value is -2.54. The zero-order chi connectivity index (χ0) is 19.4. The standard InChI is InChI=1S/C20H29N5O2/c1-23(2)19(26)20(22-18-9-12-21-24(18)3)10-13-25(14-11-20)15-16-7-5-6-8-17(16)27-4/h5-9,12,22H,10-11,13-15H2,1-4H3. The van der Waals surface area contributed by atoms with Gasteiger partial charge in [-0.15, -0.1) is 0 Å². The van der Waals surface area contributed by atoms with E-state index in [1.54, 1.807) is 22.9 Å². The molecule has 0 bridgehead atoms. The summed E-state index contributed by atoms with van der Waals surface area (Å²) >= 11 is 0. The SMILES string of the molecule is COc1ccccc1CN1CCC(Nc2ccnn2C)(C(=O)N(C)C)CC1. The van der Waals surface area contributed by atoms with Crippen molar-refractivity contribution in [2.24, 2.45) is 7.05 Å². The molecule has 1 N–H and O–H groups in total. The number of ether oxygens (including phenoxy) is 1. The van der Waals surface area contributed by atoms with Crippen molar-refractivity contribution >= 4 is 11.7 Å². The Morgan fingerprint density at radius 1 is 1.26 bits per heavy atom. The van der Waals surface area contributed by atoms with E-state index in [1.807, 2.05) is 45.4 Å². The van der Waals surface area contributed by atoms with Crippen LogP contribution in [0.15, 0.2) is 36.5 Å². The van der Waals surface area contributed by atoms with Crippen LogP contribution in [0.25, 0.3) is 0 Å². The molecule has 1 aliphatic heterocycles. The van der Waals surface area contributed by atoms with Crippen molar-refractivity contribution in [2.45, 2.75) is 24.9 Å². The van der Waals surface area contributed by atoms with E-state index in [1.165, 1.54) is 5.56 Å². The predicted molar refractivity (Wildman–Crippen MR) is 106 cm³/mol. The van der Waals surface area contributed by atoms with Crippen molar-refractivity contribution in [2.75, 3.05) is 39.6 Å². The summed E-state index contributed by atoms with van der Waals surface area (Å²) < 4.78 is 7.24. The van der Waals surface area contributed by atoms with Crippen LogP contribution in [0.5, 0.6) is 5.75 Å². The largest absolute Gasteiger partial charge is 0.496 e. The number of benzene rings is 1. The van der Waals surface area contributed by atoms with Gasteiger partial charge in [-0.2, -0.15) is 5.10 Å². The molecule has 0 unspecified atom stereocenters. The molecule has 1 aliphatic rings. The molecule has 7 nitrogen and oxygen atoms in total. The van der Waals surface area contributed by atoms with E-state index >= 15 is 0 Å². The van der Waals surface area contributed by atoms with Crippen LogP contribution in [0.2, 0.25) is 0 Å². The van der Waals surface area contributed by atoms with Gasteiger partial charge >= 0.3 is 0 Å². The Labute approximate surface area is 160 Å². The van der Waals surface area contributed by atoms with Crippen molar-refractivity contribution in [3.8, 4) is 5.75 Å². The Kier molecular flexibility index (Phi) is 5.70. The average molecular weight is 371 g/mol. The minimum Gasteiger partial charge on any atom is -0.496 e. The zero-order valence-corrected chi connectivity index (χ0v) is 16.6. The molecule has 27 heavy (non-hydrogen) atoms. The number of methoxy groups -OCH3 is 1. The van der Waals surface area contributed by atoms with E-state index in [9.17, 15) is 4.79 Å². The Bertz CT molecular complexity index is 778. The number of likely N-dealkylation sites (tertiary alicyclic amines) is 1. The molecule has 1 amide bonds. The number of para-hydroxylation sites is 1. The van der Waals surface area contributed by atoms with Gasteiger partial charge in [-0.3, -0.25) is 14.4 Å². The summed E-state index contributed by atoms with van der Waals surface area (Å²) in [5, 5.41) is 7.70. The van der Waals surface area contributed by atoms with Crippen molar-refractivity contribution in [3.05, 3.63) is 42.1 Å². The topological polar surface area (TPSA) is 62.6 Å². The van der Waals surface area contributed by atoms with Crippen LogP contribution in [0, 0.1) is 0 Å². The molecule has 2 heterocycles. The number of anilines is 1. The van der Waals surface area contributed by atoms with E-state index < -0.39 is 5.54 Å². The predicted octanol–water partition coefficient (Wildman–Crippen LogP) is 1.96. The van der Waals surface area contributed by atoms with Gasteiger partial charge in [-0.1, -0.05) is 18.2 Å². The fourth-order valence-electron chi connectivity index (χ4n) is 3.73. The lowest BCUT2D eigenvalue weighted by atomic mass is 9.85. The number of carbonyl (C=O) groups is 1. The summed E-state index contributed by atoms with van der Waals surface area (Å²) in [5.41, 5.74) is 0.570. The minimum absolute atomic E-state index is 0.112. The quantitative estimate of drug-likeness (QED) is 0.841. The highest BCUT2D eigenvalue weighted by atomic mass is 16.5. The smallest absolute Gasteiger partial charge is 0.247 e. The highest BCUT2D eigenvalue weighted by molar-refractivity contribution is 5.89. The van der Waals surface area contributed by atoms with Crippen LogP contribution in [-0.4, -0.2) is 65.3 Å². The van der Waals surface area contributed by atoms with Gasteiger partial charge in [0.05, 0.1) is 13.3 Å². The van der Waals surface area contributed by atoms with Crippen LogP contribution in [-0.2, 0) is 18.4 Å². The third-order valence-corrected chi connectivity index (χ3v) is 5.30. The molecule has 0 aliphatic carbocycles. The molecule has 1 fully saturated rings. The number of aromatic nitrogens is 2. The first-order chi connectivity index (χ1) is 12.9. The Morgan fingerprint density at radius 2 is 1.96 bits per heavy atom. The molecular weight excluding hydrogens is 342 g/mol. The third kappa shape index (κ3) is 4.08. The van der Waals surface area contributed by atoms with Gasteiger partial charge in [0.2, 0.25) is 5.91 Å². The second-order valence-electron chi connectivity index (χ2n) is 7.33.